The Morgan fingerprint density at radius 2 is 1.00 bits per heavy atom. The second-order valence-electron chi connectivity index (χ2n) is 8.86. The number of hydrogen-bond donors (Lipinski definition) is 2. The van der Waals surface area contributed by atoms with E-state index in [1.807, 2.05) is 12.1 Å². The molecule has 35 heavy (non-hydrogen) atoms. The Hall–Kier alpha value is -3.42. The quantitative estimate of drug-likeness (QED) is 0.472. The van der Waals surface area contributed by atoms with Crippen molar-refractivity contribution in [3.8, 4) is 22.6 Å². The van der Waals surface area contributed by atoms with E-state index in [1.54, 1.807) is 0 Å². The molecule has 3 heterocycles. The van der Waals surface area contributed by atoms with Crippen LogP contribution in [0.5, 0.6) is 0 Å². The molecule has 5 rings (SSSR count). The molecule has 0 spiro atoms. The number of amidine groups is 2. The topological polar surface area (TPSA) is 84.8 Å². The second-order valence-corrected chi connectivity index (χ2v) is 8.86. The standard InChI is InChI=1S/C28H32N4O3/c33-19-1-15-31-17-13-29-27(31)23-7-3-21(4-8-23)25-11-12-26(35-25)22-5-9-24(10-6-22)28-30-14-18-32(28)16-2-20-34/h3-12,33-34H,1-2,13-20H2. The summed E-state index contributed by atoms with van der Waals surface area (Å²) in [6.45, 7) is 5.47. The molecule has 2 N–H and O–H groups in total. The molecule has 0 unspecified atom stereocenters. The van der Waals surface area contributed by atoms with E-state index in [1.165, 1.54) is 0 Å². The highest BCUT2D eigenvalue weighted by atomic mass is 16.3. The van der Waals surface area contributed by atoms with Gasteiger partial charge in [-0.05, 0) is 25.0 Å². The molecule has 0 bridgehead atoms. The lowest BCUT2D eigenvalue weighted by atomic mass is 10.1. The Balaban J connectivity index is 1.27. The van der Waals surface area contributed by atoms with Crippen LogP contribution < -0.4 is 0 Å². The van der Waals surface area contributed by atoms with Crippen LogP contribution >= 0.6 is 0 Å². The van der Waals surface area contributed by atoms with E-state index in [2.05, 4.69) is 68.3 Å². The monoisotopic (exact) mass is 472 g/mol. The lowest BCUT2D eigenvalue weighted by Crippen LogP contribution is -2.29. The predicted molar refractivity (Wildman–Crippen MR) is 139 cm³/mol. The molecule has 0 fully saturated rings. The Labute approximate surface area is 206 Å². The summed E-state index contributed by atoms with van der Waals surface area (Å²) in [6, 6.07) is 20.7. The minimum atomic E-state index is 0.199. The van der Waals surface area contributed by atoms with Gasteiger partial charge < -0.3 is 24.4 Å². The maximum atomic E-state index is 9.14. The van der Waals surface area contributed by atoms with Gasteiger partial charge in [0.15, 0.2) is 0 Å². The van der Waals surface area contributed by atoms with Gasteiger partial charge in [0.2, 0.25) is 0 Å². The zero-order chi connectivity index (χ0) is 24.0. The van der Waals surface area contributed by atoms with Crippen LogP contribution in [0.25, 0.3) is 22.6 Å². The van der Waals surface area contributed by atoms with Gasteiger partial charge in [-0.1, -0.05) is 48.5 Å². The summed E-state index contributed by atoms with van der Waals surface area (Å²) in [5, 5.41) is 18.3. The molecule has 0 aliphatic carbocycles. The van der Waals surface area contributed by atoms with Gasteiger partial charge in [-0.3, -0.25) is 9.98 Å². The summed E-state index contributed by atoms with van der Waals surface area (Å²) in [5.74, 6) is 3.67. The smallest absolute Gasteiger partial charge is 0.134 e. The van der Waals surface area contributed by atoms with Crippen molar-refractivity contribution in [3.05, 3.63) is 71.8 Å². The van der Waals surface area contributed by atoms with Gasteiger partial charge in [0.1, 0.15) is 23.2 Å². The van der Waals surface area contributed by atoms with E-state index in [4.69, 9.17) is 14.6 Å². The fraction of sp³-hybridized carbons (Fsp3) is 0.357. The molecule has 2 aliphatic heterocycles. The van der Waals surface area contributed by atoms with E-state index < -0.39 is 0 Å². The van der Waals surface area contributed by atoms with Gasteiger partial charge in [-0.25, -0.2) is 0 Å². The molecule has 0 atom stereocenters. The number of aliphatic hydroxyl groups is 2. The Bertz CT molecular complexity index is 1090. The minimum absolute atomic E-state index is 0.199. The van der Waals surface area contributed by atoms with Crippen LogP contribution in [-0.2, 0) is 0 Å². The largest absolute Gasteiger partial charge is 0.456 e. The highest BCUT2D eigenvalue weighted by Gasteiger charge is 2.19. The third-order valence-corrected chi connectivity index (χ3v) is 6.50. The van der Waals surface area contributed by atoms with E-state index in [0.717, 1.165) is 97.6 Å². The first-order valence-corrected chi connectivity index (χ1v) is 12.4. The first-order chi connectivity index (χ1) is 17.3. The summed E-state index contributed by atoms with van der Waals surface area (Å²) in [5.41, 5.74) is 4.23. The lowest BCUT2D eigenvalue weighted by molar-refractivity contribution is 0.270. The minimum Gasteiger partial charge on any atom is -0.456 e. The van der Waals surface area contributed by atoms with Crippen molar-refractivity contribution in [1.29, 1.82) is 0 Å². The molecule has 0 saturated carbocycles. The van der Waals surface area contributed by atoms with Crippen LogP contribution in [0.1, 0.15) is 24.0 Å². The third kappa shape index (κ3) is 5.16. The number of benzene rings is 2. The predicted octanol–water partition coefficient (Wildman–Crippen LogP) is 3.50. The molecule has 2 aliphatic rings. The third-order valence-electron chi connectivity index (χ3n) is 6.50. The molecule has 2 aromatic carbocycles. The van der Waals surface area contributed by atoms with Crippen molar-refractivity contribution >= 4 is 11.7 Å². The van der Waals surface area contributed by atoms with Crippen LogP contribution in [-0.4, -0.2) is 84.2 Å². The second kappa shape index (κ2) is 10.9. The summed E-state index contributed by atoms with van der Waals surface area (Å²) >= 11 is 0. The van der Waals surface area contributed by atoms with Crippen LogP contribution in [0.4, 0.5) is 0 Å². The molecule has 3 aromatic rings. The number of aliphatic hydroxyl groups excluding tert-OH is 2. The summed E-state index contributed by atoms with van der Waals surface area (Å²) in [4.78, 5) is 13.8. The fourth-order valence-electron chi connectivity index (χ4n) is 4.69. The summed E-state index contributed by atoms with van der Waals surface area (Å²) in [7, 11) is 0. The molecule has 1 aromatic heterocycles. The van der Waals surface area contributed by atoms with Gasteiger partial charge >= 0.3 is 0 Å². The van der Waals surface area contributed by atoms with Gasteiger partial charge in [-0.2, -0.15) is 0 Å². The number of nitrogens with zero attached hydrogens (tertiary/aromatic N) is 4. The molecule has 182 valence electrons. The van der Waals surface area contributed by atoms with Gasteiger partial charge in [-0.15, -0.1) is 0 Å². The number of furan rings is 1. The van der Waals surface area contributed by atoms with E-state index in [-0.39, 0.29) is 13.2 Å². The number of hydrogen-bond acceptors (Lipinski definition) is 7. The molecule has 0 amide bonds. The molecular weight excluding hydrogens is 440 g/mol. The average Bonchev–Trinajstić information content (AvgIpc) is 3.67. The number of aliphatic imine (C=N–C) groups is 2. The van der Waals surface area contributed by atoms with Crippen LogP contribution in [0.2, 0.25) is 0 Å². The van der Waals surface area contributed by atoms with E-state index >= 15 is 0 Å². The average molecular weight is 473 g/mol. The van der Waals surface area contributed by atoms with E-state index in [0.29, 0.717) is 0 Å². The van der Waals surface area contributed by atoms with Crippen molar-refractivity contribution in [1.82, 2.24) is 9.80 Å². The lowest BCUT2D eigenvalue weighted by Gasteiger charge is -2.20. The maximum absolute atomic E-state index is 9.14. The highest BCUT2D eigenvalue weighted by molar-refractivity contribution is 6.00. The van der Waals surface area contributed by atoms with Crippen LogP contribution in [0.15, 0.2) is 75.1 Å². The maximum Gasteiger partial charge on any atom is 0.134 e. The fourth-order valence-corrected chi connectivity index (χ4v) is 4.69. The van der Waals surface area contributed by atoms with E-state index in [9.17, 15) is 0 Å². The first kappa shape index (κ1) is 23.3. The number of rotatable bonds is 10. The molecular formula is C28H32N4O3. The zero-order valence-electron chi connectivity index (χ0n) is 19.9. The Morgan fingerprint density at radius 3 is 1.40 bits per heavy atom. The molecule has 7 heteroatoms. The van der Waals surface area contributed by atoms with Crippen molar-refractivity contribution in [2.24, 2.45) is 9.98 Å². The van der Waals surface area contributed by atoms with Crippen molar-refractivity contribution in [2.75, 3.05) is 52.5 Å². The zero-order valence-corrected chi connectivity index (χ0v) is 19.9. The van der Waals surface area contributed by atoms with Gasteiger partial charge in [0, 0.05) is 61.6 Å². The Kier molecular flexibility index (Phi) is 7.25. The van der Waals surface area contributed by atoms with Crippen LogP contribution in [0, 0.1) is 0 Å². The van der Waals surface area contributed by atoms with Crippen LogP contribution in [0.3, 0.4) is 0 Å². The normalized spacial score (nSPS) is 15.6. The van der Waals surface area contributed by atoms with Crippen molar-refractivity contribution < 1.29 is 14.6 Å². The summed E-state index contributed by atoms with van der Waals surface area (Å²) in [6.07, 6.45) is 1.51. The molecule has 0 saturated heterocycles. The SMILES string of the molecule is OCCCN1CCN=C1c1ccc(-c2ccc(-c3ccc(C4=NCCN4CCCO)cc3)o2)cc1. The summed E-state index contributed by atoms with van der Waals surface area (Å²) < 4.78 is 6.20. The highest BCUT2D eigenvalue weighted by Crippen LogP contribution is 2.29. The van der Waals surface area contributed by atoms with Crippen molar-refractivity contribution in [2.45, 2.75) is 12.8 Å². The Morgan fingerprint density at radius 1 is 0.600 bits per heavy atom. The molecule has 7 nitrogen and oxygen atoms in total. The molecule has 0 radical (unpaired) electrons. The van der Waals surface area contributed by atoms with Gasteiger partial charge in [0.05, 0.1) is 13.1 Å². The first-order valence-electron chi connectivity index (χ1n) is 12.4. The van der Waals surface area contributed by atoms with Gasteiger partial charge in [0.25, 0.3) is 0 Å². The van der Waals surface area contributed by atoms with Crippen molar-refractivity contribution in [3.63, 3.8) is 0 Å².